The molecule has 2 aromatic rings. The molecule has 0 N–H and O–H groups in total. The molecule has 1 aromatic carbocycles. The topological polar surface area (TPSA) is 25.8 Å². The molecule has 0 aliphatic heterocycles. The summed E-state index contributed by atoms with van der Waals surface area (Å²) in [6.07, 6.45) is -10.3. The second-order valence-electron chi connectivity index (χ2n) is 3.33. The van der Waals surface area contributed by atoms with Crippen LogP contribution in [0, 0.1) is 3.57 Å². The Bertz CT molecular complexity index is 595. The Hall–Kier alpha value is -0.170. The molecule has 0 fully saturated rings. The highest BCUT2D eigenvalue weighted by Crippen LogP contribution is 2.48. The monoisotopic (exact) mass is 476 g/mol. The van der Waals surface area contributed by atoms with Gasteiger partial charge in [0.25, 0.3) is 0 Å². The number of halogens is 8. The van der Waals surface area contributed by atoms with Crippen LogP contribution in [0.2, 0.25) is 0 Å². The van der Waals surface area contributed by atoms with E-state index in [-0.39, 0.29) is 11.0 Å². The first-order valence-electron chi connectivity index (χ1n) is 4.32. The second-order valence-corrected chi connectivity index (χ2v) is 5.74. The van der Waals surface area contributed by atoms with E-state index in [0.29, 0.717) is 11.7 Å². The van der Waals surface area contributed by atoms with Crippen LogP contribution in [-0.4, -0.2) is 8.75 Å². The standard InChI is InChI=1S/C8BrF6IN2S/c9-3-1(7(10,11)12)2(8(13,14)15)4(16)6-5(3)17-19-18-6. The van der Waals surface area contributed by atoms with Gasteiger partial charge in [-0.05, 0) is 38.5 Å². The summed E-state index contributed by atoms with van der Waals surface area (Å²) in [7, 11) is 0. The molecule has 104 valence electrons. The number of alkyl halides is 6. The number of hydrogen-bond donors (Lipinski definition) is 0. The first-order valence-corrected chi connectivity index (χ1v) is 6.93. The third kappa shape index (κ3) is 2.55. The molecule has 0 bridgehead atoms. The minimum atomic E-state index is -5.15. The number of rotatable bonds is 0. The van der Waals surface area contributed by atoms with E-state index in [4.69, 9.17) is 0 Å². The van der Waals surface area contributed by atoms with E-state index in [2.05, 4.69) is 24.7 Å². The molecular formula is C8BrF6IN2S. The Morgan fingerprint density at radius 2 is 1.37 bits per heavy atom. The Labute approximate surface area is 127 Å². The number of nitrogens with zero attached hydrogens (tertiary/aromatic N) is 2. The molecule has 1 aromatic heterocycles. The fraction of sp³-hybridized carbons (Fsp3) is 0.250. The van der Waals surface area contributed by atoms with Crippen molar-refractivity contribution in [3.05, 3.63) is 19.2 Å². The quantitative estimate of drug-likeness (QED) is 0.391. The zero-order chi connectivity index (χ0) is 14.6. The van der Waals surface area contributed by atoms with Gasteiger partial charge >= 0.3 is 12.4 Å². The lowest BCUT2D eigenvalue weighted by atomic mass is 10.1. The van der Waals surface area contributed by atoms with Gasteiger partial charge in [-0.3, -0.25) is 0 Å². The zero-order valence-electron chi connectivity index (χ0n) is 8.33. The van der Waals surface area contributed by atoms with E-state index < -0.39 is 31.5 Å². The summed E-state index contributed by atoms with van der Waals surface area (Å²) >= 11 is 4.31. The van der Waals surface area contributed by atoms with Crippen LogP contribution >= 0.6 is 50.2 Å². The van der Waals surface area contributed by atoms with Gasteiger partial charge in [-0.25, -0.2) is 0 Å². The van der Waals surface area contributed by atoms with Gasteiger partial charge in [0.1, 0.15) is 11.0 Å². The van der Waals surface area contributed by atoms with Crippen molar-refractivity contribution in [2.24, 2.45) is 0 Å². The van der Waals surface area contributed by atoms with Crippen molar-refractivity contribution in [3.63, 3.8) is 0 Å². The summed E-state index contributed by atoms with van der Waals surface area (Å²) in [6, 6.07) is 0. The summed E-state index contributed by atoms with van der Waals surface area (Å²) < 4.78 is 83.1. The highest BCUT2D eigenvalue weighted by atomic mass is 127. The maximum absolute atomic E-state index is 12.9. The van der Waals surface area contributed by atoms with Gasteiger partial charge in [0.2, 0.25) is 0 Å². The van der Waals surface area contributed by atoms with Gasteiger partial charge in [0, 0.05) is 0 Å². The maximum atomic E-state index is 12.9. The summed E-state index contributed by atoms with van der Waals surface area (Å²) in [5.41, 5.74) is -3.94. The SMILES string of the molecule is FC(F)(F)c1c(C(F)(F)F)c(I)c2nsnc2c1Br. The van der Waals surface area contributed by atoms with Crippen LogP contribution in [-0.2, 0) is 12.4 Å². The van der Waals surface area contributed by atoms with E-state index in [1.165, 1.54) is 22.6 Å². The number of fused-ring (bicyclic) bond motifs is 1. The maximum Gasteiger partial charge on any atom is 0.418 e. The molecule has 11 heteroatoms. The Morgan fingerprint density at radius 3 is 1.84 bits per heavy atom. The molecule has 0 radical (unpaired) electrons. The van der Waals surface area contributed by atoms with Crippen molar-refractivity contribution < 1.29 is 26.3 Å². The molecule has 1 heterocycles. The van der Waals surface area contributed by atoms with Crippen molar-refractivity contribution in [2.45, 2.75) is 12.4 Å². The van der Waals surface area contributed by atoms with Gasteiger partial charge in [-0.1, -0.05) is 0 Å². The molecular weight excluding hydrogens is 477 g/mol. The molecule has 2 nitrogen and oxygen atoms in total. The van der Waals surface area contributed by atoms with Gasteiger partial charge in [0.15, 0.2) is 0 Å². The van der Waals surface area contributed by atoms with Crippen LogP contribution in [0.1, 0.15) is 11.1 Å². The minimum Gasteiger partial charge on any atom is -0.172 e. The Balaban J connectivity index is 3.02. The summed E-state index contributed by atoms with van der Waals surface area (Å²) in [5, 5.41) is 0. The Kier molecular flexibility index (Phi) is 3.75. The molecule has 0 spiro atoms. The average Bonchev–Trinajstić information content (AvgIpc) is 2.68. The Morgan fingerprint density at radius 1 is 0.895 bits per heavy atom. The highest BCUT2D eigenvalue weighted by Gasteiger charge is 2.47. The van der Waals surface area contributed by atoms with E-state index in [1.807, 2.05) is 0 Å². The lowest BCUT2D eigenvalue weighted by Crippen LogP contribution is -2.19. The molecule has 0 amide bonds. The number of benzene rings is 1. The predicted octanol–water partition coefficient (Wildman–Crippen LogP) is 5.10. The van der Waals surface area contributed by atoms with Crippen LogP contribution in [0.5, 0.6) is 0 Å². The normalized spacial score (nSPS) is 13.3. The molecule has 19 heavy (non-hydrogen) atoms. The van der Waals surface area contributed by atoms with Crippen molar-refractivity contribution in [1.82, 2.24) is 8.75 Å². The molecule has 0 aliphatic carbocycles. The molecule has 0 aliphatic rings. The molecule has 0 unspecified atom stereocenters. The first kappa shape index (κ1) is 15.2. The van der Waals surface area contributed by atoms with Crippen LogP contribution in [0.4, 0.5) is 26.3 Å². The smallest absolute Gasteiger partial charge is 0.172 e. The fourth-order valence-corrected chi connectivity index (χ4v) is 3.96. The predicted molar refractivity (Wildman–Crippen MR) is 67.8 cm³/mol. The highest BCUT2D eigenvalue weighted by molar-refractivity contribution is 14.1. The van der Waals surface area contributed by atoms with Crippen molar-refractivity contribution >= 4 is 61.3 Å². The lowest BCUT2D eigenvalue weighted by Gasteiger charge is -2.18. The summed E-state index contributed by atoms with van der Waals surface area (Å²) in [4.78, 5) is 0. The molecule has 0 saturated carbocycles. The first-order chi connectivity index (χ1) is 8.55. The summed E-state index contributed by atoms with van der Waals surface area (Å²) in [5.74, 6) is 0. The van der Waals surface area contributed by atoms with Crippen molar-refractivity contribution in [2.75, 3.05) is 0 Å². The van der Waals surface area contributed by atoms with Crippen LogP contribution in [0.25, 0.3) is 11.0 Å². The largest absolute Gasteiger partial charge is 0.418 e. The number of hydrogen-bond acceptors (Lipinski definition) is 3. The fourth-order valence-electron chi connectivity index (χ4n) is 1.47. The van der Waals surface area contributed by atoms with Crippen LogP contribution in [0.3, 0.4) is 0 Å². The van der Waals surface area contributed by atoms with Gasteiger partial charge in [-0.2, -0.15) is 35.1 Å². The summed E-state index contributed by atoms with van der Waals surface area (Å²) in [6.45, 7) is 0. The number of aromatic nitrogens is 2. The van der Waals surface area contributed by atoms with Gasteiger partial charge in [-0.15, -0.1) is 0 Å². The lowest BCUT2D eigenvalue weighted by molar-refractivity contribution is -0.162. The molecule has 2 rings (SSSR count). The van der Waals surface area contributed by atoms with Gasteiger partial charge in [0.05, 0.1) is 30.9 Å². The second kappa shape index (κ2) is 4.69. The van der Waals surface area contributed by atoms with E-state index in [0.717, 1.165) is 0 Å². The van der Waals surface area contributed by atoms with Crippen molar-refractivity contribution in [1.29, 1.82) is 0 Å². The third-order valence-corrected chi connectivity index (χ3v) is 4.51. The van der Waals surface area contributed by atoms with Crippen molar-refractivity contribution in [3.8, 4) is 0 Å². The minimum absolute atomic E-state index is 0.196. The van der Waals surface area contributed by atoms with Crippen LogP contribution < -0.4 is 0 Å². The van der Waals surface area contributed by atoms with E-state index >= 15 is 0 Å². The molecule has 0 saturated heterocycles. The van der Waals surface area contributed by atoms with E-state index in [9.17, 15) is 26.3 Å². The zero-order valence-corrected chi connectivity index (χ0v) is 12.9. The van der Waals surface area contributed by atoms with E-state index in [1.54, 1.807) is 0 Å². The van der Waals surface area contributed by atoms with Gasteiger partial charge < -0.3 is 0 Å². The molecule has 0 atom stereocenters. The average molecular weight is 477 g/mol. The third-order valence-electron chi connectivity index (χ3n) is 2.16. The van der Waals surface area contributed by atoms with Crippen LogP contribution in [0.15, 0.2) is 4.47 Å².